The summed E-state index contributed by atoms with van der Waals surface area (Å²) in [6, 6.07) is 3.03. The molecule has 1 aromatic carbocycles. The molecule has 0 aliphatic carbocycles. The van der Waals surface area contributed by atoms with Crippen LogP contribution in [0.15, 0.2) is 12.1 Å². The topological polar surface area (TPSA) is 56.8 Å². The van der Waals surface area contributed by atoms with Crippen LogP contribution in [0.4, 0.5) is 0 Å². The molecule has 1 rings (SSSR count). The van der Waals surface area contributed by atoms with E-state index in [1.54, 1.807) is 13.2 Å². The molecule has 1 N–H and O–H groups in total. The lowest BCUT2D eigenvalue weighted by Gasteiger charge is -2.15. The van der Waals surface area contributed by atoms with Crippen LogP contribution in [-0.2, 0) is 4.74 Å². The first kappa shape index (κ1) is 15.6. The molecule has 1 atom stereocenters. The number of halogens is 1. The second-order valence-corrected chi connectivity index (χ2v) is 4.43. The van der Waals surface area contributed by atoms with E-state index in [-0.39, 0.29) is 11.9 Å². The molecule has 19 heavy (non-hydrogen) atoms. The Morgan fingerprint density at radius 1 is 1.32 bits per heavy atom. The third-order valence-electron chi connectivity index (χ3n) is 2.49. The quantitative estimate of drug-likeness (QED) is 0.871. The fraction of sp³-hybridized carbons (Fsp3) is 0.462. The van der Waals surface area contributed by atoms with E-state index in [2.05, 4.69) is 5.32 Å². The molecule has 1 amide bonds. The molecule has 5 nitrogen and oxygen atoms in total. The van der Waals surface area contributed by atoms with E-state index < -0.39 is 0 Å². The number of rotatable bonds is 6. The molecule has 0 fully saturated rings. The molecule has 0 radical (unpaired) electrons. The number of methoxy groups -OCH3 is 3. The monoisotopic (exact) mass is 287 g/mol. The fourth-order valence-electron chi connectivity index (χ4n) is 1.65. The Hall–Kier alpha value is -1.46. The first-order valence-corrected chi connectivity index (χ1v) is 6.12. The Balaban J connectivity index is 2.95. The molecular formula is C13H18ClNO4. The van der Waals surface area contributed by atoms with Gasteiger partial charge in [-0.3, -0.25) is 4.79 Å². The minimum atomic E-state index is -0.243. The molecule has 0 heterocycles. The van der Waals surface area contributed by atoms with Crippen LogP contribution < -0.4 is 14.8 Å². The van der Waals surface area contributed by atoms with Crippen molar-refractivity contribution in [3.05, 3.63) is 22.7 Å². The predicted molar refractivity (Wildman–Crippen MR) is 73.4 cm³/mol. The largest absolute Gasteiger partial charge is 0.493 e. The van der Waals surface area contributed by atoms with Crippen molar-refractivity contribution >= 4 is 17.5 Å². The van der Waals surface area contributed by atoms with Crippen LogP contribution >= 0.6 is 11.6 Å². The summed E-state index contributed by atoms with van der Waals surface area (Å²) in [5.41, 5.74) is 0.408. The normalized spacial score (nSPS) is 11.8. The van der Waals surface area contributed by atoms with Gasteiger partial charge in [0.1, 0.15) is 0 Å². The lowest BCUT2D eigenvalue weighted by Crippen LogP contribution is -2.35. The molecule has 0 aliphatic heterocycles. The van der Waals surface area contributed by atoms with E-state index in [9.17, 15) is 4.79 Å². The van der Waals surface area contributed by atoms with Crippen LogP contribution in [0, 0.1) is 0 Å². The number of hydrogen-bond donors (Lipinski definition) is 1. The van der Waals surface area contributed by atoms with Gasteiger partial charge in [0.05, 0.1) is 25.8 Å². The summed E-state index contributed by atoms with van der Waals surface area (Å²) in [6.45, 7) is 2.29. The van der Waals surface area contributed by atoms with E-state index in [0.717, 1.165) is 0 Å². The molecule has 6 heteroatoms. The Morgan fingerprint density at radius 3 is 2.53 bits per heavy atom. The fourth-order valence-corrected chi connectivity index (χ4v) is 1.94. The Morgan fingerprint density at radius 2 is 2.00 bits per heavy atom. The van der Waals surface area contributed by atoms with Gasteiger partial charge in [0.2, 0.25) is 0 Å². The van der Waals surface area contributed by atoms with Crippen molar-refractivity contribution in [2.75, 3.05) is 27.9 Å². The van der Waals surface area contributed by atoms with Crippen molar-refractivity contribution in [2.45, 2.75) is 13.0 Å². The molecule has 0 saturated carbocycles. The summed E-state index contributed by atoms with van der Waals surface area (Å²) < 4.78 is 15.2. The Bertz CT molecular complexity index is 451. The lowest BCUT2D eigenvalue weighted by atomic mass is 10.1. The van der Waals surface area contributed by atoms with Gasteiger partial charge in [0, 0.05) is 18.7 Å². The highest BCUT2D eigenvalue weighted by molar-refractivity contribution is 6.32. The summed E-state index contributed by atoms with van der Waals surface area (Å²) in [5.74, 6) is 0.581. The first-order valence-electron chi connectivity index (χ1n) is 5.74. The minimum Gasteiger partial charge on any atom is -0.493 e. The van der Waals surface area contributed by atoms with Gasteiger partial charge in [-0.05, 0) is 19.1 Å². The maximum Gasteiger partial charge on any atom is 0.251 e. The van der Waals surface area contributed by atoms with Crippen molar-refractivity contribution in [1.29, 1.82) is 0 Å². The smallest absolute Gasteiger partial charge is 0.251 e. The molecule has 0 saturated heterocycles. The van der Waals surface area contributed by atoms with Crippen LogP contribution in [0.3, 0.4) is 0 Å². The highest BCUT2D eigenvalue weighted by atomic mass is 35.5. The first-order chi connectivity index (χ1) is 9.03. The average molecular weight is 288 g/mol. The highest BCUT2D eigenvalue weighted by Crippen LogP contribution is 2.35. The number of carbonyl (C=O) groups is 1. The zero-order valence-corrected chi connectivity index (χ0v) is 12.2. The molecular weight excluding hydrogens is 270 g/mol. The van der Waals surface area contributed by atoms with Crippen LogP contribution in [0.2, 0.25) is 5.02 Å². The second kappa shape index (κ2) is 7.21. The molecule has 0 aromatic heterocycles. The summed E-state index contributed by atoms with van der Waals surface area (Å²) in [5, 5.41) is 3.12. The van der Waals surface area contributed by atoms with Crippen LogP contribution in [-0.4, -0.2) is 39.9 Å². The van der Waals surface area contributed by atoms with Crippen LogP contribution in [0.1, 0.15) is 17.3 Å². The number of carbonyl (C=O) groups excluding carboxylic acids is 1. The standard InChI is InChI=1S/C13H18ClNO4/c1-8(7-17-2)15-13(16)9-5-10(14)12(19-4)11(6-9)18-3/h5-6,8H,7H2,1-4H3,(H,15,16). The van der Waals surface area contributed by atoms with Gasteiger partial charge in [0.25, 0.3) is 5.91 Å². The number of nitrogens with one attached hydrogen (secondary N) is 1. The van der Waals surface area contributed by atoms with Crippen LogP contribution in [0.25, 0.3) is 0 Å². The van der Waals surface area contributed by atoms with Gasteiger partial charge in [-0.15, -0.1) is 0 Å². The van der Waals surface area contributed by atoms with Gasteiger partial charge in [-0.25, -0.2) is 0 Å². The van der Waals surface area contributed by atoms with E-state index in [1.807, 2.05) is 6.92 Å². The number of amides is 1. The Labute approximate surface area is 117 Å². The lowest BCUT2D eigenvalue weighted by molar-refractivity contribution is 0.0905. The maximum atomic E-state index is 12.0. The van der Waals surface area contributed by atoms with E-state index in [4.69, 9.17) is 25.8 Å². The van der Waals surface area contributed by atoms with E-state index >= 15 is 0 Å². The van der Waals surface area contributed by atoms with Crippen LogP contribution in [0.5, 0.6) is 11.5 Å². The molecule has 0 bridgehead atoms. The van der Waals surface area contributed by atoms with Gasteiger partial charge in [-0.1, -0.05) is 11.6 Å². The summed E-state index contributed by atoms with van der Waals surface area (Å²) in [7, 11) is 4.56. The third kappa shape index (κ3) is 4.01. The number of ether oxygens (including phenoxy) is 3. The van der Waals surface area contributed by atoms with E-state index in [0.29, 0.717) is 28.7 Å². The molecule has 1 aromatic rings. The van der Waals surface area contributed by atoms with Crippen molar-refractivity contribution in [3.8, 4) is 11.5 Å². The highest BCUT2D eigenvalue weighted by Gasteiger charge is 2.16. The summed E-state index contributed by atoms with van der Waals surface area (Å²) in [6.07, 6.45) is 0. The average Bonchev–Trinajstić information content (AvgIpc) is 2.37. The van der Waals surface area contributed by atoms with E-state index in [1.165, 1.54) is 20.3 Å². The maximum absolute atomic E-state index is 12.0. The number of hydrogen-bond acceptors (Lipinski definition) is 4. The molecule has 1 unspecified atom stereocenters. The third-order valence-corrected chi connectivity index (χ3v) is 2.77. The van der Waals surface area contributed by atoms with Gasteiger partial charge in [-0.2, -0.15) is 0 Å². The molecule has 106 valence electrons. The minimum absolute atomic E-state index is 0.0932. The molecule has 0 spiro atoms. The van der Waals surface area contributed by atoms with Gasteiger partial charge in [0.15, 0.2) is 11.5 Å². The van der Waals surface area contributed by atoms with Crippen molar-refractivity contribution in [1.82, 2.24) is 5.32 Å². The van der Waals surface area contributed by atoms with Gasteiger partial charge >= 0.3 is 0 Å². The summed E-state index contributed by atoms with van der Waals surface area (Å²) >= 11 is 6.05. The van der Waals surface area contributed by atoms with Gasteiger partial charge < -0.3 is 19.5 Å². The molecule has 0 aliphatic rings. The Kier molecular flexibility index (Phi) is 5.92. The SMILES string of the molecule is COCC(C)NC(=O)c1cc(Cl)c(OC)c(OC)c1. The van der Waals surface area contributed by atoms with Crippen molar-refractivity contribution < 1.29 is 19.0 Å². The predicted octanol–water partition coefficient (Wildman–Crippen LogP) is 2.12. The zero-order valence-electron chi connectivity index (χ0n) is 11.5. The second-order valence-electron chi connectivity index (χ2n) is 4.02. The van der Waals surface area contributed by atoms with Crippen molar-refractivity contribution in [2.24, 2.45) is 0 Å². The van der Waals surface area contributed by atoms with Crippen molar-refractivity contribution in [3.63, 3.8) is 0 Å². The summed E-state index contributed by atoms with van der Waals surface area (Å²) in [4.78, 5) is 12.0. The number of benzene rings is 1. The zero-order chi connectivity index (χ0) is 14.4.